The van der Waals surface area contributed by atoms with E-state index in [1.54, 1.807) is 0 Å². The second kappa shape index (κ2) is 14.3. The number of pyridine rings is 1. The molecule has 191 valence electrons. The van der Waals surface area contributed by atoms with Gasteiger partial charge in [-0.2, -0.15) is 0 Å². The molecular formula is C31H40IrNO2-. The number of benzene rings is 2. The normalized spacial score (nSPS) is 11.5. The van der Waals surface area contributed by atoms with Crippen LogP contribution in [0.2, 0.25) is 0 Å². The third kappa shape index (κ3) is 10.1. The van der Waals surface area contributed by atoms with Crippen LogP contribution in [-0.4, -0.2) is 15.9 Å². The van der Waals surface area contributed by atoms with Crippen LogP contribution in [0.25, 0.3) is 22.0 Å². The molecule has 0 aliphatic rings. The number of aromatic nitrogens is 1. The van der Waals surface area contributed by atoms with E-state index in [0.29, 0.717) is 30.6 Å². The number of carbonyl (C=O) groups is 1. The van der Waals surface area contributed by atoms with Gasteiger partial charge in [0, 0.05) is 45.2 Å². The maximum absolute atomic E-state index is 11.2. The standard InChI is InChI=1S/C20H20N.C11H20O2.Ir/c1-13(2)17-6-5-16-7-8-21-20(19(16)12-17)18-10-14(3)9-15(4)11-18;1-8(2)5-10(12)7-11(13)6-9(3)4;/h5-10,12-13H,1-4H3;7-9,12H,5-6H2,1-4H3;/q-1;;. The Bertz CT molecular complexity index is 1130. The molecule has 0 saturated heterocycles. The first-order valence-corrected chi connectivity index (χ1v) is 12.3. The summed E-state index contributed by atoms with van der Waals surface area (Å²) in [6.07, 6.45) is 4.35. The monoisotopic (exact) mass is 651 g/mol. The topological polar surface area (TPSA) is 50.2 Å². The number of ketones is 1. The van der Waals surface area contributed by atoms with E-state index in [2.05, 4.69) is 75.1 Å². The van der Waals surface area contributed by atoms with Crippen LogP contribution in [0, 0.1) is 31.7 Å². The molecule has 1 heterocycles. The molecule has 1 radical (unpaired) electrons. The number of carbonyl (C=O) groups excluding carboxylic acids is 1. The fourth-order valence-electron chi connectivity index (χ4n) is 3.91. The smallest absolute Gasteiger partial charge is 0.159 e. The average Bonchev–Trinajstić information content (AvgIpc) is 2.71. The summed E-state index contributed by atoms with van der Waals surface area (Å²) in [5, 5.41) is 11.8. The predicted molar refractivity (Wildman–Crippen MR) is 144 cm³/mol. The van der Waals surface area contributed by atoms with E-state index >= 15 is 0 Å². The summed E-state index contributed by atoms with van der Waals surface area (Å²) in [7, 11) is 0. The largest absolute Gasteiger partial charge is 0.512 e. The van der Waals surface area contributed by atoms with Crippen molar-refractivity contribution in [1.82, 2.24) is 4.98 Å². The third-order valence-electron chi connectivity index (χ3n) is 5.41. The van der Waals surface area contributed by atoms with Gasteiger partial charge in [0.15, 0.2) is 5.78 Å². The van der Waals surface area contributed by atoms with Crippen molar-refractivity contribution < 1.29 is 30.0 Å². The van der Waals surface area contributed by atoms with E-state index in [0.717, 1.165) is 16.8 Å². The Morgan fingerprint density at radius 2 is 1.63 bits per heavy atom. The molecule has 1 aromatic heterocycles. The molecule has 0 aliphatic heterocycles. The fourth-order valence-corrected chi connectivity index (χ4v) is 3.91. The second-order valence-electron chi connectivity index (χ2n) is 10.3. The Kier molecular flexibility index (Phi) is 12.6. The summed E-state index contributed by atoms with van der Waals surface area (Å²) in [5.41, 5.74) is 5.87. The number of aryl methyl sites for hydroxylation is 2. The number of aliphatic hydroxyl groups excluding tert-OH is 1. The zero-order chi connectivity index (χ0) is 25.4. The molecule has 0 fully saturated rings. The first-order valence-electron chi connectivity index (χ1n) is 12.3. The Balaban J connectivity index is 0.000000383. The van der Waals surface area contributed by atoms with E-state index in [9.17, 15) is 9.90 Å². The summed E-state index contributed by atoms with van der Waals surface area (Å²) < 4.78 is 0. The maximum atomic E-state index is 11.2. The van der Waals surface area contributed by atoms with E-state index in [1.165, 1.54) is 28.0 Å². The number of aliphatic hydroxyl groups is 1. The number of fused-ring (bicyclic) bond motifs is 1. The fraction of sp³-hybridized carbons (Fsp3) is 0.419. The number of nitrogens with zero attached hydrogens (tertiary/aromatic N) is 1. The average molecular weight is 651 g/mol. The third-order valence-corrected chi connectivity index (χ3v) is 5.41. The predicted octanol–water partition coefficient (Wildman–Crippen LogP) is 8.53. The SMILES string of the molecule is CC(C)CC(=O)C=C(O)CC(C)C.Cc1[c-]c(-c2nccc3ccc(C(C)C)cc23)cc(C)c1.[Ir]. The van der Waals surface area contributed by atoms with Gasteiger partial charge in [0.2, 0.25) is 0 Å². The van der Waals surface area contributed by atoms with Crippen LogP contribution in [0.4, 0.5) is 0 Å². The maximum Gasteiger partial charge on any atom is 0.159 e. The van der Waals surface area contributed by atoms with Crippen LogP contribution in [-0.2, 0) is 24.9 Å². The molecule has 2 aromatic carbocycles. The number of allylic oxidation sites excluding steroid dienone is 2. The summed E-state index contributed by atoms with van der Waals surface area (Å²) in [6.45, 7) is 16.7. The van der Waals surface area contributed by atoms with Crippen molar-refractivity contribution in [1.29, 1.82) is 0 Å². The number of rotatable bonds is 7. The Morgan fingerprint density at radius 1 is 0.971 bits per heavy atom. The number of hydrogen-bond acceptors (Lipinski definition) is 3. The van der Waals surface area contributed by atoms with Gasteiger partial charge in [-0.3, -0.25) is 4.79 Å². The summed E-state index contributed by atoms with van der Waals surface area (Å²) in [4.78, 5) is 15.8. The molecule has 3 rings (SSSR count). The van der Waals surface area contributed by atoms with Gasteiger partial charge in [0.25, 0.3) is 0 Å². The van der Waals surface area contributed by atoms with E-state index in [-0.39, 0.29) is 31.6 Å². The molecule has 0 bridgehead atoms. The first-order chi connectivity index (χ1) is 16.0. The van der Waals surface area contributed by atoms with E-state index < -0.39 is 0 Å². The van der Waals surface area contributed by atoms with E-state index in [1.807, 2.05) is 33.9 Å². The second-order valence-corrected chi connectivity index (χ2v) is 10.3. The van der Waals surface area contributed by atoms with Crippen molar-refractivity contribution in [2.24, 2.45) is 11.8 Å². The molecular weight excluding hydrogens is 611 g/mol. The molecule has 3 aromatic rings. The summed E-state index contributed by atoms with van der Waals surface area (Å²) in [5.74, 6) is 1.50. The summed E-state index contributed by atoms with van der Waals surface area (Å²) in [6, 6.07) is 16.5. The van der Waals surface area contributed by atoms with Crippen LogP contribution < -0.4 is 0 Å². The van der Waals surface area contributed by atoms with Gasteiger partial charge in [0.1, 0.15) is 0 Å². The van der Waals surface area contributed by atoms with Crippen molar-refractivity contribution in [3.63, 3.8) is 0 Å². The molecule has 0 aliphatic carbocycles. The Labute approximate surface area is 225 Å². The Hall–Kier alpha value is -2.29. The van der Waals surface area contributed by atoms with Crippen molar-refractivity contribution in [2.45, 2.75) is 74.1 Å². The van der Waals surface area contributed by atoms with Crippen molar-refractivity contribution in [3.05, 3.63) is 77.2 Å². The minimum atomic E-state index is 0. The minimum Gasteiger partial charge on any atom is -0.512 e. The molecule has 0 amide bonds. The van der Waals surface area contributed by atoms with Gasteiger partial charge in [-0.15, -0.1) is 34.9 Å². The van der Waals surface area contributed by atoms with Crippen LogP contribution in [0.3, 0.4) is 0 Å². The molecule has 35 heavy (non-hydrogen) atoms. The van der Waals surface area contributed by atoms with Crippen LogP contribution >= 0.6 is 0 Å². The van der Waals surface area contributed by atoms with Crippen molar-refractivity contribution in [3.8, 4) is 11.3 Å². The molecule has 0 spiro atoms. The van der Waals surface area contributed by atoms with Gasteiger partial charge in [-0.1, -0.05) is 73.6 Å². The zero-order valence-electron chi connectivity index (χ0n) is 22.4. The van der Waals surface area contributed by atoms with Crippen LogP contribution in [0.5, 0.6) is 0 Å². The van der Waals surface area contributed by atoms with Crippen molar-refractivity contribution >= 4 is 16.6 Å². The van der Waals surface area contributed by atoms with Crippen LogP contribution in [0.15, 0.2) is 54.4 Å². The Morgan fingerprint density at radius 3 is 2.20 bits per heavy atom. The van der Waals surface area contributed by atoms with Crippen LogP contribution in [0.1, 0.15) is 77.0 Å². The molecule has 0 saturated carbocycles. The van der Waals surface area contributed by atoms with Gasteiger partial charge < -0.3 is 10.1 Å². The van der Waals surface area contributed by atoms with Crippen molar-refractivity contribution in [2.75, 3.05) is 0 Å². The first kappa shape index (κ1) is 30.7. The quantitative estimate of drug-likeness (QED) is 0.158. The molecule has 4 heteroatoms. The minimum absolute atomic E-state index is 0. The van der Waals surface area contributed by atoms with E-state index in [4.69, 9.17) is 0 Å². The molecule has 0 atom stereocenters. The molecule has 3 nitrogen and oxygen atoms in total. The number of hydrogen-bond donors (Lipinski definition) is 1. The summed E-state index contributed by atoms with van der Waals surface area (Å²) >= 11 is 0. The molecule has 1 N–H and O–H groups in total. The van der Waals surface area contributed by atoms with Gasteiger partial charge >= 0.3 is 0 Å². The van der Waals surface area contributed by atoms with Gasteiger partial charge in [-0.05, 0) is 45.8 Å². The van der Waals surface area contributed by atoms with Gasteiger partial charge in [-0.25, -0.2) is 0 Å². The molecule has 0 unspecified atom stereocenters. The zero-order valence-corrected chi connectivity index (χ0v) is 24.8. The van der Waals surface area contributed by atoms with Gasteiger partial charge in [0.05, 0.1) is 5.76 Å².